The number of hydrogen-bond donors (Lipinski definition) is 1. The van der Waals surface area contributed by atoms with Gasteiger partial charge in [-0.1, -0.05) is 12.1 Å². The molecular weight excluding hydrogens is 280 g/mol. The van der Waals surface area contributed by atoms with Gasteiger partial charge in [-0.05, 0) is 12.1 Å². The van der Waals surface area contributed by atoms with Gasteiger partial charge in [0.1, 0.15) is 11.9 Å². The molecule has 2 aliphatic rings. The maximum absolute atomic E-state index is 11.8. The molecule has 2 aromatic rings. The minimum absolute atomic E-state index is 0.0205. The van der Waals surface area contributed by atoms with Crippen LogP contribution in [0.1, 0.15) is 5.82 Å². The van der Waals surface area contributed by atoms with Gasteiger partial charge in [-0.25, -0.2) is 4.98 Å². The van der Waals surface area contributed by atoms with Crippen molar-refractivity contribution in [1.82, 2.24) is 19.4 Å². The van der Waals surface area contributed by atoms with Crippen LogP contribution in [0.4, 0.5) is 0 Å². The van der Waals surface area contributed by atoms with E-state index in [-0.39, 0.29) is 17.9 Å². The van der Waals surface area contributed by atoms with E-state index < -0.39 is 6.10 Å². The van der Waals surface area contributed by atoms with E-state index >= 15 is 0 Å². The van der Waals surface area contributed by atoms with Crippen molar-refractivity contribution >= 4 is 16.9 Å². The van der Waals surface area contributed by atoms with Gasteiger partial charge >= 0.3 is 0 Å². The first kappa shape index (κ1) is 13.7. The van der Waals surface area contributed by atoms with Gasteiger partial charge in [0.25, 0.3) is 5.91 Å². The molecule has 1 amide bonds. The highest BCUT2D eigenvalue weighted by Crippen LogP contribution is 2.32. The van der Waals surface area contributed by atoms with Crippen molar-refractivity contribution in [1.29, 1.82) is 0 Å². The fourth-order valence-corrected chi connectivity index (χ4v) is 3.84. The lowest BCUT2D eigenvalue weighted by Gasteiger charge is -2.20. The summed E-state index contributed by atoms with van der Waals surface area (Å²) >= 11 is 0. The summed E-state index contributed by atoms with van der Waals surface area (Å²) in [5.41, 5.74) is 2.14. The molecular formula is C16H20N4O2. The lowest BCUT2D eigenvalue weighted by Crippen LogP contribution is -2.36. The van der Waals surface area contributed by atoms with Gasteiger partial charge in [-0.3, -0.25) is 9.69 Å². The third-order valence-electron chi connectivity index (χ3n) is 5.16. The molecule has 2 fully saturated rings. The predicted octanol–water partition coefficient (Wildman–Crippen LogP) is 0.207. The number of imidazole rings is 1. The summed E-state index contributed by atoms with van der Waals surface area (Å²) in [6.07, 6.45) is -0.847. The van der Waals surface area contributed by atoms with E-state index in [1.165, 1.54) is 0 Å². The van der Waals surface area contributed by atoms with Crippen LogP contribution in [0.5, 0.6) is 0 Å². The minimum Gasteiger partial charge on any atom is -0.383 e. The van der Waals surface area contributed by atoms with Gasteiger partial charge in [0.05, 0.1) is 23.6 Å². The van der Waals surface area contributed by atoms with Gasteiger partial charge in [0.2, 0.25) is 0 Å². The number of amides is 1. The average Bonchev–Trinajstić information content (AvgIpc) is 3.13. The first-order valence-electron chi connectivity index (χ1n) is 7.63. The van der Waals surface area contributed by atoms with Gasteiger partial charge in [0, 0.05) is 33.1 Å². The first-order valence-corrected chi connectivity index (χ1v) is 7.63. The van der Waals surface area contributed by atoms with Crippen molar-refractivity contribution in [2.24, 2.45) is 13.0 Å². The number of para-hydroxylation sites is 2. The van der Waals surface area contributed by atoms with E-state index in [1.54, 1.807) is 11.9 Å². The fourth-order valence-electron chi connectivity index (χ4n) is 3.84. The van der Waals surface area contributed by atoms with Crippen LogP contribution in [0.15, 0.2) is 24.3 Å². The van der Waals surface area contributed by atoms with Crippen molar-refractivity contribution in [2.75, 3.05) is 20.1 Å². The minimum atomic E-state index is -0.847. The maximum Gasteiger partial charge on any atom is 0.251 e. The summed E-state index contributed by atoms with van der Waals surface area (Å²) in [4.78, 5) is 20.5. The summed E-state index contributed by atoms with van der Waals surface area (Å²) in [5.74, 6) is 0.897. The highest BCUT2D eigenvalue weighted by atomic mass is 16.3. The standard InChI is InChI=1S/C16H20N4O2/c1-18-12-6-4-3-5-11(12)17-14(18)9-20-7-10-13(8-20)19(2)16(22)15(10)21/h3-6,10,13,15,21H,7-9H2,1-2H3/t10-,13+,15-/m0/s1. The number of aliphatic hydroxyl groups excluding tert-OH is 1. The van der Waals surface area contributed by atoms with Gasteiger partial charge in [-0.15, -0.1) is 0 Å². The molecule has 6 heteroatoms. The summed E-state index contributed by atoms with van der Waals surface area (Å²) in [6, 6.07) is 8.23. The van der Waals surface area contributed by atoms with E-state index in [0.29, 0.717) is 0 Å². The Kier molecular flexibility index (Phi) is 2.99. The number of aryl methyl sites for hydroxylation is 1. The normalized spacial score (nSPS) is 28.8. The Morgan fingerprint density at radius 1 is 1.27 bits per heavy atom. The molecule has 0 unspecified atom stereocenters. The van der Waals surface area contributed by atoms with Crippen LogP contribution in [-0.4, -0.2) is 62.6 Å². The van der Waals surface area contributed by atoms with Crippen molar-refractivity contribution in [2.45, 2.75) is 18.7 Å². The Morgan fingerprint density at radius 3 is 2.77 bits per heavy atom. The number of carbonyl (C=O) groups is 1. The summed E-state index contributed by atoms with van der Waals surface area (Å²) in [6.45, 7) is 2.28. The van der Waals surface area contributed by atoms with Gasteiger partial charge in [-0.2, -0.15) is 0 Å². The average molecular weight is 300 g/mol. The lowest BCUT2D eigenvalue weighted by atomic mass is 10.0. The zero-order valence-corrected chi connectivity index (χ0v) is 12.8. The molecule has 0 aliphatic carbocycles. The zero-order valence-electron chi connectivity index (χ0n) is 12.8. The Morgan fingerprint density at radius 2 is 2.05 bits per heavy atom. The number of rotatable bonds is 2. The van der Waals surface area contributed by atoms with Crippen LogP contribution < -0.4 is 0 Å². The monoisotopic (exact) mass is 300 g/mol. The third-order valence-corrected chi connectivity index (χ3v) is 5.16. The second-order valence-corrected chi connectivity index (χ2v) is 6.40. The van der Waals surface area contributed by atoms with Gasteiger partial charge in [0.15, 0.2) is 0 Å². The van der Waals surface area contributed by atoms with E-state index in [0.717, 1.165) is 36.5 Å². The summed E-state index contributed by atoms with van der Waals surface area (Å²) in [7, 11) is 3.82. The number of hydrogen-bond acceptors (Lipinski definition) is 4. The van der Waals surface area contributed by atoms with E-state index in [1.807, 2.05) is 25.2 Å². The molecule has 4 rings (SSSR count). The molecule has 0 bridgehead atoms. The largest absolute Gasteiger partial charge is 0.383 e. The molecule has 1 aromatic heterocycles. The molecule has 3 atom stereocenters. The number of benzene rings is 1. The van der Waals surface area contributed by atoms with Crippen molar-refractivity contribution < 1.29 is 9.90 Å². The second-order valence-electron chi connectivity index (χ2n) is 6.40. The number of nitrogens with zero attached hydrogens (tertiary/aromatic N) is 4. The fraction of sp³-hybridized carbons (Fsp3) is 0.500. The maximum atomic E-state index is 11.8. The Labute approximate surface area is 129 Å². The number of aromatic nitrogens is 2. The summed E-state index contributed by atoms with van der Waals surface area (Å²) < 4.78 is 2.12. The van der Waals surface area contributed by atoms with Crippen LogP contribution in [-0.2, 0) is 18.4 Å². The van der Waals surface area contributed by atoms with Crippen molar-refractivity contribution in [3.63, 3.8) is 0 Å². The molecule has 116 valence electrons. The molecule has 0 saturated carbocycles. The van der Waals surface area contributed by atoms with E-state index in [9.17, 15) is 9.90 Å². The predicted molar refractivity (Wildman–Crippen MR) is 82.0 cm³/mol. The highest BCUT2D eigenvalue weighted by molar-refractivity contribution is 5.84. The van der Waals surface area contributed by atoms with E-state index in [4.69, 9.17) is 4.98 Å². The SMILES string of the molecule is CN1C(=O)[C@@H](O)[C@H]2CN(Cc3nc4ccccc4n3C)C[C@H]21. The molecule has 1 aromatic carbocycles. The third kappa shape index (κ3) is 1.87. The Balaban J connectivity index is 1.55. The van der Waals surface area contributed by atoms with Crippen LogP contribution >= 0.6 is 0 Å². The Hall–Kier alpha value is -1.92. The van der Waals surface area contributed by atoms with E-state index in [2.05, 4.69) is 15.5 Å². The number of likely N-dealkylation sites (tertiary alicyclic amines) is 2. The quantitative estimate of drug-likeness (QED) is 0.861. The Bertz CT molecular complexity index is 721. The lowest BCUT2D eigenvalue weighted by molar-refractivity contribution is -0.135. The number of likely N-dealkylation sites (N-methyl/N-ethyl adjacent to an activating group) is 1. The molecule has 2 saturated heterocycles. The molecule has 6 nitrogen and oxygen atoms in total. The molecule has 2 aliphatic heterocycles. The molecule has 0 radical (unpaired) electrons. The topological polar surface area (TPSA) is 61.6 Å². The molecule has 22 heavy (non-hydrogen) atoms. The number of carbonyl (C=O) groups excluding carboxylic acids is 1. The van der Waals surface area contributed by atoms with Crippen LogP contribution in [0.2, 0.25) is 0 Å². The van der Waals surface area contributed by atoms with Crippen molar-refractivity contribution in [3.05, 3.63) is 30.1 Å². The first-order chi connectivity index (χ1) is 10.6. The van der Waals surface area contributed by atoms with Crippen LogP contribution in [0, 0.1) is 5.92 Å². The molecule has 3 heterocycles. The number of fused-ring (bicyclic) bond motifs is 2. The van der Waals surface area contributed by atoms with Gasteiger partial charge < -0.3 is 14.6 Å². The molecule has 0 spiro atoms. The zero-order chi connectivity index (χ0) is 15.4. The summed E-state index contributed by atoms with van der Waals surface area (Å²) in [5, 5.41) is 10.1. The number of aliphatic hydroxyl groups is 1. The van der Waals surface area contributed by atoms with Crippen molar-refractivity contribution in [3.8, 4) is 0 Å². The molecule has 1 N–H and O–H groups in total. The van der Waals surface area contributed by atoms with Crippen LogP contribution in [0.25, 0.3) is 11.0 Å². The smallest absolute Gasteiger partial charge is 0.251 e. The highest BCUT2D eigenvalue weighted by Gasteiger charge is 2.50. The van der Waals surface area contributed by atoms with Crippen LogP contribution in [0.3, 0.4) is 0 Å². The second kappa shape index (κ2) is 4.79.